The normalized spacial score (nSPS) is 11.5. The number of anilines is 1. The number of halogens is 2. The molecule has 17 heavy (non-hydrogen) atoms. The number of benzene rings is 1. The van der Waals surface area contributed by atoms with Crippen molar-refractivity contribution in [2.24, 2.45) is 0 Å². The summed E-state index contributed by atoms with van der Waals surface area (Å²) >= 11 is 8.91. The van der Waals surface area contributed by atoms with Crippen molar-refractivity contribution in [3.05, 3.63) is 33.8 Å². The van der Waals surface area contributed by atoms with Crippen molar-refractivity contribution < 1.29 is 8.42 Å². The minimum Gasteiger partial charge on any atom is -0.398 e. The van der Waals surface area contributed by atoms with E-state index in [0.717, 1.165) is 0 Å². The Labute approximate surface area is 114 Å². The Bertz CT molecular complexity index is 558. The zero-order chi connectivity index (χ0) is 13.2. The fourth-order valence-electron chi connectivity index (χ4n) is 1.08. The summed E-state index contributed by atoms with van der Waals surface area (Å²) in [6, 6.07) is 2.81. The Morgan fingerprint density at radius 2 is 2.18 bits per heavy atom. The van der Waals surface area contributed by atoms with E-state index < -0.39 is 10.0 Å². The number of nitrogens with one attached hydrogen (secondary N) is 1. The SMILES string of the molecule is C=C(C)CNS(=O)(=O)c1cc(Cl)cc(N)c1Br. The zero-order valence-corrected chi connectivity index (χ0v) is 12.3. The van der Waals surface area contributed by atoms with E-state index in [4.69, 9.17) is 17.3 Å². The van der Waals surface area contributed by atoms with Crippen LogP contribution in [-0.2, 0) is 10.0 Å². The highest BCUT2D eigenvalue weighted by atomic mass is 79.9. The first-order valence-corrected chi connectivity index (χ1v) is 7.28. The van der Waals surface area contributed by atoms with Gasteiger partial charge in [-0.15, -0.1) is 0 Å². The summed E-state index contributed by atoms with van der Waals surface area (Å²) in [4.78, 5) is 0.0174. The lowest BCUT2D eigenvalue weighted by Crippen LogP contribution is -2.25. The first kappa shape index (κ1) is 14.5. The van der Waals surface area contributed by atoms with Crippen molar-refractivity contribution in [1.29, 1.82) is 0 Å². The molecule has 0 bridgehead atoms. The molecule has 0 amide bonds. The van der Waals surface area contributed by atoms with Gasteiger partial charge in [-0.25, -0.2) is 13.1 Å². The van der Waals surface area contributed by atoms with E-state index in [2.05, 4.69) is 27.2 Å². The zero-order valence-electron chi connectivity index (χ0n) is 9.13. The molecule has 0 aliphatic rings. The van der Waals surface area contributed by atoms with Crippen LogP contribution in [0.4, 0.5) is 5.69 Å². The van der Waals surface area contributed by atoms with E-state index in [9.17, 15) is 8.42 Å². The van der Waals surface area contributed by atoms with Crippen LogP contribution in [0.2, 0.25) is 5.02 Å². The topological polar surface area (TPSA) is 72.2 Å². The van der Waals surface area contributed by atoms with E-state index in [1.165, 1.54) is 12.1 Å². The Hall–Kier alpha value is -0.560. The maximum atomic E-state index is 12.0. The van der Waals surface area contributed by atoms with Gasteiger partial charge in [0.1, 0.15) is 0 Å². The Balaban J connectivity index is 3.19. The summed E-state index contributed by atoms with van der Waals surface area (Å²) in [7, 11) is -3.65. The fourth-order valence-corrected chi connectivity index (χ4v) is 3.46. The van der Waals surface area contributed by atoms with Crippen LogP contribution in [0.1, 0.15) is 6.92 Å². The highest BCUT2D eigenvalue weighted by molar-refractivity contribution is 9.10. The third-order valence-electron chi connectivity index (χ3n) is 1.89. The number of nitrogen functional groups attached to an aromatic ring is 1. The molecule has 1 rings (SSSR count). The van der Waals surface area contributed by atoms with Gasteiger partial charge in [-0.05, 0) is 35.0 Å². The maximum Gasteiger partial charge on any atom is 0.242 e. The van der Waals surface area contributed by atoms with Crippen molar-refractivity contribution in [3.8, 4) is 0 Å². The number of nitrogens with two attached hydrogens (primary N) is 1. The second-order valence-corrected chi connectivity index (χ2v) is 6.55. The third kappa shape index (κ3) is 3.70. The average molecular weight is 340 g/mol. The molecule has 7 heteroatoms. The average Bonchev–Trinajstić information content (AvgIpc) is 2.20. The third-order valence-corrected chi connectivity index (χ3v) is 4.68. The van der Waals surface area contributed by atoms with Crippen LogP contribution in [0.15, 0.2) is 33.7 Å². The van der Waals surface area contributed by atoms with Crippen molar-refractivity contribution >= 4 is 43.2 Å². The first-order chi connectivity index (χ1) is 7.74. The summed E-state index contributed by atoms with van der Waals surface area (Å²) in [5, 5.41) is 0.265. The molecule has 0 aromatic heterocycles. The minimum absolute atomic E-state index is 0.0174. The van der Waals surface area contributed by atoms with Gasteiger partial charge in [-0.3, -0.25) is 0 Å². The molecule has 0 aliphatic carbocycles. The number of rotatable bonds is 4. The molecule has 4 nitrogen and oxygen atoms in total. The van der Waals surface area contributed by atoms with Gasteiger partial charge in [0.25, 0.3) is 0 Å². The highest BCUT2D eigenvalue weighted by Gasteiger charge is 2.19. The van der Waals surface area contributed by atoms with Crippen LogP contribution in [0.3, 0.4) is 0 Å². The number of sulfonamides is 1. The van der Waals surface area contributed by atoms with E-state index in [1.54, 1.807) is 6.92 Å². The predicted molar refractivity (Wildman–Crippen MR) is 73.6 cm³/mol. The van der Waals surface area contributed by atoms with Gasteiger partial charge < -0.3 is 5.73 Å². The summed E-state index contributed by atoms with van der Waals surface area (Å²) in [5.41, 5.74) is 6.61. The van der Waals surface area contributed by atoms with Crippen molar-refractivity contribution in [1.82, 2.24) is 4.72 Å². The molecule has 0 aliphatic heterocycles. The molecular formula is C10H12BrClN2O2S. The molecule has 1 aromatic carbocycles. The van der Waals surface area contributed by atoms with Gasteiger partial charge in [0, 0.05) is 17.3 Å². The van der Waals surface area contributed by atoms with Gasteiger partial charge in [-0.1, -0.05) is 23.8 Å². The highest BCUT2D eigenvalue weighted by Crippen LogP contribution is 2.31. The van der Waals surface area contributed by atoms with Crippen LogP contribution >= 0.6 is 27.5 Å². The Morgan fingerprint density at radius 1 is 1.59 bits per heavy atom. The molecule has 0 saturated heterocycles. The van der Waals surface area contributed by atoms with Crippen molar-refractivity contribution in [2.75, 3.05) is 12.3 Å². The van der Waals surface area contributed by atoms with Crippen LogP contribution < -0.4 is 10.5 Å². The van der Waals surface area contributed by atoms with Crippen LogP contribution in [0.5, 0.6) is 0 Å². The minimum atomic E-state index is -3.65. The molecule has 0 saturated carbocycles. The summed E-state index contributed by atoms with van der Waals surface area (Å²) in [5.74, 6) is 0. The van der Waals surface area contributed by atoms with Crippen molar-refractivity contribution in [2.45, 2.75) is 11.8 Å². The van der Waals surface area contributed by atoms with Gasteiger partial charge in [0.15, 0.2) is 0 Å². The second kappa shape index (κ2) is 5.39. The molecule has 1 aromatic rings. The molecule has 0 atom stereocenters. The van der Waals surface area contributed by atoms with Gasteiger partial charge >= 0.3 is 0 Å². The largest absolute Gasteiger partial charge is 0.398 e. The van der Waals surface area contributed by atoms with Crippen LogP contribution in [0, 0.1) is 0 Å². The standard InChI is InChI=1S/C10H12BrClN2O2S/c1-6(2)5-14-17(15,16)9-4-7(12)3-8(13)10(9)11/h3-4,14H,1,5,13H2,2H3. The van der Waals surface area contributed by atoms with E-state index in [0.29, 0.717) is 10.0 Å². The second-order valence-electron chi connectivity index (χ2n) is 3.59. The van der Waals surface area contributed by atoms with E-state index in [-0.39, 0.29) is 22.2 Å². The lowest BCUT2D eigenvalue weighted by molar-refractivity contribution is 0.584. The van der Waals surface area contributed by atoms with Gasteiger partial charge in [0.05, 0.1) is 9.37 Å². The monoisotopic (exact) mass is 338 g/mol. The molecular weight excluding hydrogens is 328 g/mol. The smallest absolute Gasteiger partial charge is 0.242 e. The van der Waals surface area contributed by atoms with Gasteiger partial charge in [-0.2, -0.15) is 0 Å². The molecule has 0 radical (unpaired) electrons. The lowest BCUT2D eigenvalue weighted by Gasteiger charge is -2.10. The number of hydrogen-bond donors (Lipinski definition) is 2. The van der Waals surface area contributed by atoms with Gasteiger partial charge in [0.2, 0.25) is 10.0 Å². The predicted octanol–water partition coefficient (Wildman–Crippen LogP) is 2.54. The quantitative estimate of drug-likeness (QED) is 0.654. The first-order valence-electron chi connectivity index (χ1n) is 4.62. The maximum absolute atomic E-state index is 12.0. The molecule has 0 heterocycles. The summed E-state index contributed by atoms with van der Waals surface area (Å²) < 4.78 is 26.6. The Morgan fingerprint density at radius 3 is 2.71 bits per heavy atom. The lowest BCUT2D eigenvalue weighted by atomic mass is 10.3. The van der Waals surface area contributed by atoms with Crippen LogP contribution in [-0.4, -0.2) is 15.0 Å². The summed E-state index contributed by atoms with van der Waals surface area (Å²) in [6.07, 6.45) is 0. The molecule has 0 unspecified atom stereocenters. The van der Waals surface area contributed by atoms with E-state index in [1.807, 2.05) is 0 Å². The molecule has 0 fully saturated rings. The molecule has 94 valence electrons. The fraction of sp³-hybridized carbons (Fsp3) is 0.200. The van der Waals surface area contributed by atoms with Crippen molar-refractivity contribution in [3.63, 3.8) is 0 Å². The summed E-state index contributed by atoms with van der Waals surface area (Å²) in [6.45, 7) is 5.51. The van der Waals surface area contributed by atoms with Crippen LogP contribution in [0.25, 0.3) is 0 Å². The van der Waals surface area contributed by atoms with E-state index >= 15 is 0 Å². The molecule has 0 spiro atoms. The Kier molecular flexibility index (Phi) is 4.60. The molecule has 3 N–H and O–H groups in total. The number of hydrogen-bond acceptors (Lipinski definition) is 3.